The first-order valence-electron chi connectivity index (χ1n) is 5.82. The number of carboxylic acids is 1. The van der Waals surface area contributed by atoms with Gasteiger partial charge in [-0.05, 0) is 43.9 Å². The van der Waals surface area contributed by atoms with Crippen LogP contribution in [0.5, 0.6) is 5.75 Å². The minimum atomic E-state index is -0.740. The van der Waals surface area contributed by atoms with Gasteiger partial charge >= 0.3 is 5.97 Å². The molecule has 3 rings (SSSR count). The van der Waals surface area contributed by atoms with Crippen LogP contribution >= 0.6 is 15.9 Å². The molecule has 2 aliphatic rings. The molecule has 90 valence electrons. The molecule has 0 heterocycles. The summed E-state index contributed by atoms with van der Waals surface area (Å²) in [7, 11) is 0. The molecule has 0 unspecified atom stereocenters. The molecule has 0 spiro atoms. The highest BCUT2D eigenvalue weighted by molar-refractivity contribution is 9.10. The molecule has 2 aliphatic carbocycles. The van der Waals surface area contributed by atoms with Crippen molar-refractivity contribution in [3.05, 3.63) is 28.2 Å². The van der Waals surface area contributed by atoms with Crippen molar-refractivity contribution in [2.75, 3.05) is 0 Å². The fourth-order valence-electron chi connectivity index (χ4n) is 2.07. The van der Waals surface area contributed by atoms with E-state index in [0.29, 0.717) is 18.9 Å². The molecule has 0 radical (unpaired) electrons. The quantitative estimate of drug-likeness (QED) is 0.929. The highest BCUT2D eigenvalue weighted by Crippen LogP contribution is 2.52. The van der Waals surface area contributed by atoms with Crippen molar-refractivity contribution in [3.63, 3.8) is 0 Å². The first-order valence-corrected chi connectivity index (χ1v) is 6.61. The van der Waals surface area contributed by atoms with Gasteiger partial charge in [0.15, 0.2) is 0 Å². The predicted molar refractivity (Wildman–Crippen MR) is 66.3 cm³/mol. The summed E-state index contributed by atoms with van der Waals surface area (Å²) in [6, 6.07) is 5.67. The maximum Gasteiger partial charge on any atom is 0.314 e. The van der Waals surface area contributed by atoms with Crippen LogP contribution in [0.2, 0.25) is 0 Å². The predicted octanol–water partition coefficient (Wildman–Crippen LogP) is 3.11. The molecule has 0 atom stereocenters. The summed E-state index contributed by atoms with van der Waals surface area (Å²) in [5.41, 5.74) is 0.125. The van der Waals surface area contributed by atoms with Gasteiger partial charge in [-0.1, -0.05) is 15.9 Å². The van der Waals surface area contributed by atoms with Gasteiger partial charge in [0, 0.05) is 10.0 Å². The van der Waals surface area contributed by atoms with Gasteiger partial charge in [0.1, 0.15) is 5.75 Å². The van der Waals surface area contributed by atoms with Crippen LogP contribution in [0.1, 0.15) is 31.2 Å². The standard InChI is InChI=1S/C13H13BrO3/c14-8-1-4-11(17-9-2-3-9)10(7-8)13(5-6-13)12(15)16/h1,4,7,9H,2-3,5-6H2,(H,15,16). The van der Waals surface area contributed by atoms with E-state index in [-0.39, 0.29) is 0 Å². The Morgan fingerprint density at radius 1 is 1.41 bits per heavy atom. The van der Waals surface area contributed by atoms with Crippen LogP contribution in [0, 0.1) is 0 Å². The summed E-state index contributed by atoms with van der Waals surface area (Å²) in [5, 5.41) is 9.35. The van der Waals surface area contributed by atoms with Gasteiger partial charge in [-0.3, -0.25) is 4.79 Å². The number of carboxylic acid groups (broad SMARTS) is 1. The Balaban J connectivity index is 2.00. The zero-order valence-electron chi connectivity index (χ0n) is 9.28. The Morgan fingerprint density at radius 3 is 2.65 bits per heavy atom. The summed E-state index contributed by atoms with van der Waals surface area (Å²) in [6.07, 6.45) is 3.87. The minimum absolute atomic E-state index is 0.291. The Kier molecular flexibility index (Phi) is 2.43. The highest BCUT2D eigenvalue weighted by atomic mass is 79.9. The van der Waals surface area contributed by atoms with Crippen LogP contribution in [0.25, 0.3) is 0 Å². The van der Waals surface area contributed by atoms with Crippen LogP contribution in [-0.4, -0.2) is 17.2 Å². The molecule has 1 aromatic rings. The topological polar surface area (TPSA) is 46.5 Å². The van der Waals surface area contributed by atoms with Crippen molar-refractivity contribution in [3.8, 4) is 5.75 Å². The summed E-state index contributed by atoms with van der Waals surface area (Å²) in [6.45, 7) is 0. The monoisotopic (exact) mass is 296 g/mol. The summed E-state index contributed by atoms with van der Waals surface area (Å²) >= 11 is 3.40. The first-order chi connectivity index (χ1) is 8.12. The lowest BCUT2D eigenvalue weighted by Gasteiger charge is -2.16. The molecule has 0 bridgehead atoms. The number of hydrogen-bond donors (Lipinski definition) is 1. The Bertz CT molecular complexity index is 476. The third kappa shape index (κ3) is 1.95. The van der Waals surface area contributed by atoms with Gasteiger partial charge < -0.3 is 9.84 Å². The number of ether oxygens (including phenoxy) is 1. The third-order valence-corrected chi connectivity index (χ3v) is 3.93. The summed E-state index contributed by atoms with van der Waals surface area (Å²) in [5.74, 6) is 0.00634. The van der Waals surface area contributed by atoms with Gasteiger partial charge in [-0.25, -0.2) is 0 Å². The molecule has 2 fully saturated rings. The molecule has 17 heavy (non-hydrogen) atoms. The zero-order chi connectivity index (χ0) is 12.0. The molecule has 0 aromatic heterocycles. The largest absolute Gasteiger partial charge is 0.490 e. The Hall–Kier alpha value is -1.03. The minimum Gasteiger partial charge on any atom is -0.490 e. The SMILES string of the molecule is O=C(O)C1(c2cc(Br)ccc2OC2CC2)CC1. The van der Waals surface area contributed by atoms with Crippen molar-refractivity contribution in [1.29, 1.82) is 0 Å². The fraction of sp³-hybridized carbons (Fsp3) is 0.462. The van der Waals surface area contributed by atoms with Crippen LogP contribution in [-0.2, 0) is 10.2 Å². The maximum absolute atomic E-state index is 11.4. The molecule has 0 amide bonds. The van der Waals surface area contributed by atoms with Crippen molar-refractivity contribution < 1.29 is 14.6 Å². The zero-order valence-corrected chi connectivity index (χ0v) is 10.9. The normalized spacial score (nSPS) is 21.0. The van der Waals surface area contributed by atoms with Gasteiger partial charge in [-0.15, -0.1) is 0 Å². The van der Waals surface area contributed by atoms with Gasteiger partial charge in [0.2, 0.25) is 0 Å². The van der Waals surface area contributed by atoms with E-state index in [1.54, 1.807) is 0 Å². The number of halogens is 1. The molecule has 2 saturated carbocycles. The van der Waals surface area contributed by atoms with E-state index >= 15 is 0 Å². The maximum atomic E-state index is 11.4. The van der Waals surface area contributed by atoms with Crippen LogP contribution in [0.3, 0.4) is 0 Å². The van der Waals surface area contributed by atoms with E-state index in [4.69, 9.17) is 4.74 Å². The molecule has 4 heteroatoms. The summed E-state index contributed by atoms with van der Waals surface area (Å²) < 4.78 is 6.71. The number of aliphatic carboxylic acids is 1. The highest BCUT2D eigenvalue weighted by Gasteiger charge is 2.53. The van der Waals surface area contributed by atoms with E-state index in [2.05, 4.69) is 15.9 Å². The van der Waals surface area contributed by atoms with Crippen molar-refractivity contribution in [1.82, 2.24) is 0 Å². The second kappa shape index (κ2) is 3.73. The summed E-state index contributed by atoms with van der Waals surface area (Å²) in [4.78, 5) is 11.4. The van der Waals surface area contributed by atoms with E-state index in [1.165, 1.54) is 0 Å². The van der Waals surface area contributed by atoms with Crippen molar-refractivity contribution in [2.45, 2.75) is 37.2 Å². The molecular formula is C13H13BrO3. The average molecular weight is 297 g/mol. The second-order valence-corrected chi connectivity index (χ2v) is 5.76. The Morgan fingerprint density at radius 2 is 2.12 bits per heavy atom. The van der Waals surface area contributed by atoms with E-state index in [1.807, 2.05) is 18.2 Å². The molecule has 0 aliphatic heterocycles. The van der Waals surface area contributed by atoms with Gasteiger partial charge in [-0.2, -0.15) is 0 Å². The molecule has 0 saturated heterocycles. The number of carbonyl (C=O) groups is 1. The van der Waals surface area contributed by atoms with E-state index in [9.17, 15) is 9.90 Å². The van der Waals surface area contributed by atoms with Crippen LogP contribution < -0.4 is 4.74 Å². The Labute approximate surface area is 108 Å². The third-order valence-electron chi connectivity index (χ3n) is 3.43. The van der Waals surface area contributed by atoms with E-state index < -0.39 is 11.4 Å². The number of hydrogen-bond acceptors (Lipinski definition) is 2. The lowest BCUT2D eigenvalue weighted by Crippen LogP contribution is -2.20. The molecule has 3 nitrogen and oxygen atoms in total. The first kappa shape index (κ1) is 11.1. The lowest BCUT2D eigenvalue weighted by molar-refractivity contribution is -0.140. The van der Waals surface area contributed by atoms with Crippen LogP contribution in [0.15, 0.2) is 22.7 Å². The number of rotatable bonds is 4. The van der Waals surface area contributed by atoms with Gasteiger partial charge in [0.25, 0.3) is 0 Å². The molecule has 1 N–H and O–H groups in total. The van der Waals surface area contributed by atoms with Crippen molar-refractivity contribution in [2.24, 2.45) is 0 Å². The smallest absolute Gasteiger partial charge is 0.314 e. The second-order valence-electron chi connectivity index (χ2n) is 4.84. The van der Waals surface area contributed by atoms with Gasteiger partial charge in [0.05, 0.1) is 11.5 Å². The number of benzene rings is 1. The lowest BCUT2D eigenvalue weighted by atomic mass is 9.95. The van der Waals surface area contributed by atoms with Crippen LogP contribution in [0.4, 0.5) is 0 Å². The molecular weight excluding hydrogens is 284 g/mol. The average Bonchev–Trinajstić information content (AvgIpc) is 3.13. The van der Waals surface area contributed by atoms with Crippen molar-refractivity contribution >= 4 is 21.9 Å². The van der Waals surface area contributed by atoms with E-state index in [0.717, 1.165) is 28.6 Å². The fourth-order valence-corrected chi connectivity index (χ4v) is 2.43. The molecule has 1 aromatic carbocycles.